The molecule has 0 saturated carbocycles. The maximum Gasteiger partial charge on any atom is 0.245 e. The SMILES string of the molecule is CCCC1C(=O)NC(C)C(=O)N1CC(C)CC. The fraction of sp³-hybridized carbons (Fsp3) is 0.846. The Kier molecular flexibility index (Phi) is 4.97. The highest BCUT2D eigenvalue weighted by molar-refractivity contribution is 5.96. The van der Waals surface area contributed by atoms with Gasteiger partial charge in [0.15, 0.2) is 0 Å². The molecule has 0 spiro atoms. The molecule has 0 radical (unpaired) electrons. The first-order valence-corrected chi connectivity index (χ1v) is 6.62. The number of carbonyl (C=O) groups is 2. The Morgan fingerprint density at radius 3 is 2.53 bits per heavy atom. The second-order valence-electron chi connectivity index (χ2n) is 5.04. The molecule has 4 nitrogen and oxygen atoms in total. The van der Waals surface area contributed by atoms with E-state index in [1.165, 1.54) is 0 Å². The van der Waals surface area contributed by atoms with Crippen LogP contribution in [0.25, 0.3) is 0 Å². The number of hydrogen-bond acceptors (Lipinski definition) is 2. The topological polar surface area (TPSA) is 49.4 Å². The lowest BCUT2D eigenvalue weighted by molar-refractivity contribution is -0.149. The van der Waals surface area contributed by atoms with Crippen LogP contribution < -0.4 is 5.32 Å². The van der Waals surface area contributed by atoms with Crippen LogP contribution in [0, 0.1) is 5.92 Å². The second-order valence-corrected chi connectivity index (χ2v) is 5.04. The van der Waals surface area contributed by atoms with E-state index in [0.29, 0.717) is 12.5 Å². The summed E-state index contributed by atoms with van der Waals surface area (Å²) in [6.07, 6.45) is 2.69. The summed E-state index contributed by atoms with van der Waals surface area (Å²) in [7, 11) is 0. The molecule has 1 saturated heterocycles. The van der Waals surface area contributed by atoms with Gasteiger partial charge in [-0.1, -0.05) is 33.6 Å². The number of rotatable bonds is 5. The van der Waals surface area contributed by atoms with Gasteiger partial charge in [-0.05, 0) is 19.3 Å². The normalized spacial score (nSPS) is 26.9. The average molecular weight is 240 g/mol. The molecule has 0 aromatic carbocycles. The first-order valence-electron chi connectivity index (χ1n) is 6.62. The van der Waals surface area contributed by atoms with E-state index in [2.05, 4.69) is 19.2 Å². The van der Waals surface area contributed by atoms with Gasteiger partial charge in [-0.25, -0.2) is 0 Å². The fourth-order valence-corrected chi connectivity index (χ4v) is 2.16. The van der Waals surface area contributed by atoms with Crippen LogP contribution in [0.15, 0.2) is 0 Å². The Morgan fingerprint density at radius 1 is 1.35 bits per heavy atom. The summed E-state index contributed by atoms with van der Waals surface area (Å²) in [6.45, 7) is 8.71. The minimum absolute atomic E-state index is 0.00209. The molecule has 2 amide bonds. The zero-order chi connectivity index (χ0) is 13.0. The van der Waals surface area contributed by atoms with Crippen molar-refractivity contribution >= 4 is 11.8 Å². The number of amides is 2. The highest BCUT2D eigenvalue weighted by Gasteiger charge is 2.37. The summed E-state index contributed by atoms with van der Waals surface area (Å²) < 4.78 is 0. The van der Waals surface area contributed by atoms with Gasteiger partial charge >= 0.3 is 0 Å². The number of hydrogen-bond donors (Lipinski definition) is 1. The van der Waals surface area contributed by atoms with Gasteiger partial charge in [-0.15, -0.1) is 0 Å². The molecule has 98 valence electrons. The molecule has 1 rings (SSSR count). The molecule has 3 unspecified atom stereocenters. The van der Waals surface area contributed by atoms with E-state index in [1.54, 1.807) is 11.8 Å². The summed E-state index contributed by atoms with van der Waals surface area (Å²) in [6, 6.07) is -0.641. The highest BCUT2D eigenvalue weighted by Crippen LogP contribution is 2.17. The number of piperazine rings is 1. The molecular weight excluding hydrogens is 216 g/mol. The standard InChI is InChI=1S/C13H24N2O2/c1-5-7-11-12(16)14-10(4)13(17)15(11)8-9(3)6-2/h9-11H,5-8H2,1-4H3,(H,14,16). The van der Waals surface area contributed by atoms with E-state index in [1.807, 2.05) is 6.92 Å². The molecular formula is C13H24N2O2. The van der Waals surface area contributed by atoms with E-state index in [0.717, 1.165) is 19.3 Å². The molecule has 4 heteroatoms. The lowest BCUT2D eigenvalue weighted by atomic mass is 10.0. The smallest absolute Gasteiger partial charge is 0.245 e. The lowest BCUT2D eigenvalue weighted by Crippen LogP contribution is -2.63. The third-order valence-corrected chi connectivity index (χ3v) is 3.46. The van der Waals surface area contributed by atoms with Crippen molar-refractivity contribution in [2.75, 3.05) is 6.54 Å². The quantitative estimate of drug-likeness (QED) is 0.792. The number of nitrogens with one attached hydrogen (secondary N) is 1. The first kappa shape index (κ1) is 14.0. The predicted molar refractivity (Wildman–Crippen MR) is 67.5 cm³/mol. The Hall–Kier alpha value is -1.06. The van der Waals surface area contributed by atoms with Gasteiger partial charge < -0.3 is 10.2 Å². The van der Waals surface area contributed by atoms with Gasteiger partial charge in [0.1, 0.15) is 12.1 Å². The number of carbonyl (C=O) groups excluding carboxylic acids is 2. The summed E-state index contributed by atoms with van der Waals surface area (Å²) in [5.41, 5.74) is 0. The Labute approximate surface area is 104 Å². The van der Waals surface area contributed by atoms with Crippen molar-refractivity contribution < 1.29 is 9.59 Å². The van der Waals surface area contributed by atoms with Crippen molar-refractivity contribution in [2.24, 2.45) is 5.92 Å². The Balaban J connectivity index is 2.82. The van der Waals surface area contributed by atoms with Crippen LogP contribution in [0.4, 0.5) is 0 Å². The van der Waals surface area contributed by atoms with Gasteiger partial charge in [0, 0.05) is 6.54 Å². The first-order chi connectivity index (χ1) is 8.01. The fourth-order valence-electron chi connectivity index (χ4n) is 2.16. The molecule has 1 aliphatic heterocycles. The van der Waals surface area contributed by atoms with Crippen LogP contribution in [-0.2, 0) is 9.59 Å². The molecule has 1 aliphatic rings. The van der Waals surface area contributed by atoms with E-state index >= 15 is 0 Å². The largest absolute Gasteiger partial charge is 0.343 e. The predicted octanol–water partition coefficient (Wildman–Crippen LogP) is 1.55. The van der Waals surface area contributed by atoms with Crippen molar-refractivity contribution in [1.82, 2.24) is 10.2 Å². The maximum atomic E-state index is 12.1. The summed E-state index contributed by atoms with van der Waals surface area (Å²) in [4.78, 5) is 25.8. The molecule has 1 N–H and O–H groups in total. The third kappa shape index (κ3) is 3.20. The molecule has 1 fully saturated rings. The summed E-state index contributed by atoms with van der Waals surface area (Å²) in [5, 5.41) is 2.75. The Bertz CT molecular complexity index is 291. The van der Waals surface area contributed by atoms with Gasteiger partial charge in [0.05, 0.1) is 0 Å². The zero-order valence-corrected chi connectivity index (χ0v) is 11.3. The van der Waals surface area contributed by atoms with Gasteiger partial charge in [-0.3, -0.25) is 9.59 Å². The highest BCUT2D eigenvalue weighted by atomic mass is 16.2. The minimum atomic E-state index is -0.375. The maximum absolute atomic E-state index is 12.1. The van der Waals surface area contributed by atoms with Crippen molar-refractivity contribution in [3.63, 3.8) is 0 Å². The van der Waals surface area contributed by atoms with Crippen LogP contribution in [0.2, 0.25) is 0 Å². The zero-order valence-electron chi connectivity index (χ0n) is 11.3. The van der Waals surface area contributed by atoms with E-state index in [-0.39, 0.29) is 23.9 Å². The Morgan fingerprint density at radius 2 is 2.00 bits per heavy atom. The number of nitrogens with zero attached hydrogens (tertiary/aromatic N) is 1. The molecule has 0 aliphatic carbocycles. The van der Waals surface area contributed by atoms with Crippen LogP contribution in [0.5, 0.6) is 0 Å². The summed E-state index contributed by atoms with van der Waals surface area (Å²) >= 11 is 0. The van der Waals surface area contributed by atoms with Crippen molar-refractivity contribution in [2.45, 2.75) is 59.0 Å². The molecule has 0 aromatic heterocycles. The van der Waals surface area contributed by atoms with Crippen LogP contribution >= 0.6 is 0 Å². The van der Waals surface area contributed by atoms with Crippen molar-refractivity contribution in [3.05, 3.63) is 0 Å². The molecule has 3 atom stereocenters. The van der Waals surface area contributed by atoms with Gasteiger partial charge in [-0.2, -0.15) is 0 Å². The molecule has 17 heavy (non-hydrogen) atoms. The van der Waals surface area contributed by atoms with E-state index in [4.69, 9.17) is 0 Å². The second kappa shape index (κ2) is 6.03. The molecule has 1 heterocycles. The van der Waals surface area contributed by atoms with Crippen molar-refractivity contribution in [3.8, 4) is 0 Å². The monoisotopic (exact) mass is 240 g/mol. The minimum Gasteiger partial charge on any atom is -0.343 e. The molecule has 0 aromatic rings. The third-order valence-electron chi connectivity index (χ3n) is 3.46. The molecule has 0 bridgehead atoms. The van der Waals surface area contributed by atoms with Crippen molar-refractivity contribution in [1.29, 1.82) is 0 Å². The summed E-state index contributed by atoms with van der Waals surface area (Å²) in [5.74, 6) is 0.502. The van der Waals surface area contributed by atoms with Gasteiger partial charge in [0.25, 0.3) is 0 Å². The van der Waals surface area contributed by atoms with Crippen LogP contribution in [0.1, 0.15) is 47.0 Å². The van der Waals surface area contributed by atoms with E-state index < -0.39 is 0 Å². The lowest BCUT2D eigenvalue weighted by Gasteiger charge is -2.39. The average Bonchev–Trinajstić information content (AvgIpc) is 2.30. The van der Waals surface area contributed by atoms with Gasteiger partial charge in [0.2, 0.25) is 11.8 Å². The van der Waals surface area contributed by atoms with Crippen LogP contribution in [-0.4, -0.2) is 35.3 Å². The van der Waals surface area contributed by atoms with Crippen LogP contribution in [0.3, 0.4) is 0 Å². The van der Waals surface area contributed by atoms with E-state index in [9.17, 15) is 9.59 Å².